The fourth-order valence-electron chi connectivity index (χ4n) is 3.96. The van der Waals surface area contributed by atoms with Gasteiger partial charge in [-0.2, -0.15) is 5.10 Å². The minimum atomic E-state index is -0.325. The number of pyridine rings is 1. The number of aromatic nitrogens is 1. The zero-order valence-electron chi connectivity index (χ0n) is 17.0. The third kappa shape index (κ3) is 3.71. The highest BCUT2D eigenvalue weighted by molar-refractivity contribution is 6.30. The minimum absolute atomic E-state index is 0.156. The van der Waals surface area contributed by atoms with Crippen LogP contribution in [0, 0.1) is 6.92 Å². The van der Waals surface area contributed by atoms with Crippen LogP contribution in [0.4, 0.5) is 0 Å². The first-order valence-electron chi connectivity index (χ1n) is 10.2. The molecule has 4 aromatic rings. The number of aryl methyl sites for hydroxylation is 1. The number of hydrazone groups is 1. The molecule has 1 aliphatic heterocycles. The van der Waals surface area contributed by atoms with Crippen LogP contribution in [0.5, 0.6) is 0 Å². The standard InChI is InChI=1S/C26H20ClN3O/c1-17-12-13-20-15-21(25(27)28-22(20)14-17)24-16-23(18-8-4-2-5-9-18)29-30(24)26(31)19-10-6-3-7-11-19/h2-15,24H,16H2,1H3. The molecular formula is C26H20ClN3O. The monoisotopic (exact) mass is 425 g/mol. The minimum Gasteiger partial charge on any atom is -0.267 e. The molecule has 5 rings (SSSR count). The van der Waals surface area contributed by atoms with Crippen molar-refractivity contribution in [1.29, 1.82) is 0 Å². The molecule has 1 aliphatic rings. The molecular weight excluding hydrogens is 406 g/mol. The van der Waals surface area contributed by atoms with Crippen molar-refractivity contribution >= 4 is 34.1 Å². The van der Waals surface area contributed by atoms with Crippen LogP contribution < -0.4 is 0 Å². The van der Waals surface area contributed by atoms with Gasteiger partial charge in [-0.3, -0.25) is 4.79 Å². The Morgan fingerprint density at radius 2 is 1.68 bits per heavy atom. The normalized spacial score (nSPS) is 15.9. The number of fused-ring (bicyclic) bond motifs is 1. The fourth-order valence-corrected chi connectivity index (χ4v) is 4.23. The molecule has 0 N–H and O–H groups in total. The van der Waals surface area contributed by atoms with E-state index in [2.05, 4.69) is 11.1 Å². The number of benzene rings is 3. The van der Waals surface area contributed by atoms with Crippen molar-refractivity contribution in [2.45, 2.75) is 19.4 Å². The second-order valence-electron chi connectivity index (χ2n) is 7.71. The van der Waals surface area contributed by atoms with E-state index in [4.69, 9.17) is 16.7 Å². The second kappa shape index (κ2) is 7.97. The highest BCUT2D eigenvalue weighted by Gasteiger charge is 2.35. The van der Waals surface area contributed by atoms with E-state index in [0.717, 1.165) is 33.3 Å². The second-order valence-corrected chi connectivity index (χ2v) is 8.07. The van der Waals surface area contributed by atoms with E-state index in [1.54, 1.807) is 17.1 Å². The maximum atomic E-state index is 13.4. The third-order valence-electron chi connectivity index (χ3n) is 5.56. The first-order valence-corrected chi connectivity index (χ1v) is 10.6. The Kier molecular flexibility index (Phi) is 5.00. The molecule has 4 nitrogen and oxygen atoms in total. The Morgan fingerprint density at radius 3 is 2.42 bits per heavy atom. The van der Waals surface area contributed by atoms with Crippen LogP contribution in [0.15, 0.2) is 90.0 Å². The van der Waals surface area contributed by atoms with Crippen LogP contribution in [-0.4, -0.2) is 21.6 Å². The Balaban J connectivity index is 1.61. The van der Waals surface area contributed by atoms with Gasteiger partial charge in [0.15, 0.2) is 0 Å². The number of carbonyl (C=O) groups excluding carboxylic acids is 1. The van der Waals surface area contributed by atoms with Crippen LogP contribution in [0.3, 0.4) is 0 Å². The van der Waals surface area contributed by atoms with Gasteiger partial charge in [-0.05, 0) is 42.3 Å². The third-order valence-corrected chi connectivity index (χ3v) is 5.86. The van der Waals surface area contributed by atoms with Crippen LogP contribution >= 0.6 is 11.6 Å². The van der Waals surface area contributed by atoms with Gasteiger partial charge in [-0.25, -0.2) is 9.99 Å². The number of nitrogens with zero attached hydrogens (tertiary/aromatic N) is 3. The molecule has 5 heteroatoms. The molecule has 0 saturated carbocycles. The van der Waals surface area contributed by atoms with Gasteiger partial charge in [0, 0.05) is 22.9 Å². The van der Waals surface area contributed by atoms with E-state index < -0.39 is 0 Å². The van der Waals surface area contributed by atoms with Gasteiger partial charge in [0.2, 0.25) is 0 Å². The summed E-state index contributed by atoms with van der Waals surface area (Å²) in [5.41, 5.74) is 5.21. The first kappa shape index (κ1) is 19.5. The maximum Gasteiger partial charge on any atom is 0.274 e. The molecule has 1 atom stereocenters. The average Bonchev–Trinajstić information content (AvgIpc) is 3.24. The lowest BCUT2D eigenvalue weighted by atomic mass is 9.98. The highest BCUT2D eigenvalue weighted by Crippen LogP contribution is 2.38. The van der Waals surface area contributed by atoms with Crippen LogP contribution in [0.1, 0.15) is 39.5 Å². The summed E-state index contributed by atoms with van der Waals surface area (Å²) >= 11 is 6.65. The zero-order valence-corrected chi connectivity index (χ0v) is 17.8. The first-order chi connectivity index (χ1) is 15.1. The predicted octanol–water partition coefficient (Wildman–Crippen LogP) is 6.19. The zero-order chi connectivity index (χ0) is 21.4. The molecule has 152 valence electrons. The van der Waals surface area contributed by atoms with E-state index in [9.17, 15) is 4.79 Å². The van der Waals surface area contributed by atoms with E-state index in [1.807, 2.05) is 73.7 Å². The highest BCUT2D eigenvalue weighted by atomic mass is 35.5. The molecule has 0 radical (unpaired) electrons. The number of amides is 1. The summed E-state index contributed by atoms with van der Waals surface area (Å²) in [4.78, 5) is 18.0. The van der Waals surface area contributed by atoms with Crippen LogP contribution in [0.25, 0.3) is 10.9 Å². The van der Waals surface area contributed by atoms with Crippen LogP contribution in [-0.2, 0) is 0 Å². The fraction of sp³-hybridized carbons (Fsp3) is 0.115. The lowest BCUT2D eigenvalue weighted by Crippen LogP contribution is -2.27. The summed E-state index contributed by atoms with van der Waals surface area (Å²) in [5, 5.41) is 7.69. The van der Waals surface area contributed by atoms with E-state index in [1.165, 1.54) is 0 Å². The number of carbonyl (C=O) groups is 1. The van der Waals surface area contributed by atoms with Crippen molar-refractivity contribution in [3.63, 3.8) is 0 Å². The lowest BCUT2D eigenvalue weighted by Gasteiger charge is -2.23. The summed E-state index contributed by atoms with van der Waals surface area (Å²) in [5.74, 6) is -0.156. The SMILES string of the molecule is Cc1ccc2cc(C3CC(c4ccccc4)=NN3C(=O)c3ccccc3)c(Cl)nc2c1. The Hall–Kier alpha value is -3.50. The number of hydrogen-bond donors (Lipinski definition) is 0. The van der Waals surface area contributed by atoms with Gasteiger partial charge < -0.3 is 0 Å². The summed E-state index contributed by atoms with van der Waals surface area (Å²) in [6.45, 7) is 2.03. The van der Waals surface area contributed by atoms with Crippen molar-refractivity contribution in [2.75, 3.05) is 0 Å². The largest absolute Gasteiger partial charge is 0.274 e. The molecule has 1 aromatic heterocycles. The molecule has 0 bridgehead atoms. The van der Waals surface area contributed by atoms with Crippen molar-refractivity contribution in [3.05, 3.63) is 112 Å². The summed E-state index contributed by atoms with van der Waals surface area (Å²) in [7, 11) is 0. The summed E-state index contributed by atoms with van der Waals surface area (Å²) in [6, 6.07) is 26.9. The van der Waals surface area contributed by atoms with E-state index in [-0.39, 0.29) is 11.9 Å². The molecule has 3 aromatic carbocycles. The molecule has 1 amide bonds. The van der Waals surface area contributed by atoms with Gasteiger partial charge in [0.1, 0.15) is 5.15 Å². The molecule has 2 heterocycles. The van der Waals surface area contributed by atoms with E-state index in [0.29, 0.717) is 17.1 Å². The molecule has 0 saturated heterocycles. The quantitative estimate of drug-likeness (QED) is 0.367. The van der Waals surface area contributed by atoms with Crippen molar-refractivity contribution in [3.8, 4) is 0 Å². The van der Waals surface area contributed by atoms with Gasteiger partial charge in [0.25, 0.3) is 5.91 Å². The lowest BCUT2D eigenvalue weighted by molar-refractivity contribution is 0.0711. The number of rotatable bonds is 3. The Morgan fingerprint density at radius 1 is 0.968 bits per heavy atom. The van der Waals surface area contributed by atoms with Gasteiger partial charge in [-0.15, -0.1) is 0 Å². The maximum absolute atomic E-state index is 13.4. The average molecular weight is 426 g/mol. The van der Waals surface area contributed by atoms with Gasteiger partial charge in [0.05, 0.1) is 17.3 Å². The molecule has 0 spiro atoms. The van der Waals surface area contributed by atoms with Gasteiger partial charge in [-0.1, -0.05) is 72.3 Å². The number of hydrogen-bond acceptors (Lipinski definition) is 3. The topological polar surface area (TPSA) is 45.6 Å². The van der Waals surface area contributed by atoms with Crippen molar-refractivity contribution in [2.24, 2.45) is 5.10 Å². The van der Waals surface area contributed by atoms with Crippen molar-refractivity contribution < 1.29 is 4.79 Å². The summed E-state index contributed by atoms with van der Waals surface area (Å²) in [6.07, 6.45) is 0.571. The van der Waals surface area contributed by atoms with Gasteiger partial charge >= 0.3 is 0 Å². The Labute approximate surface area is 185 Å². The molecule has 0 fully saturated rings. The molecule has 31 heavy (non-hydrogen) atoms. The predicted molar refractivity (Wildman–Crippen MR) is 124 cm³/mol. The Bertz CT molecular complexity index is 1300. The molecule has 1 unspecified atom stereocenters. The van der Waals surface area contributed by atoms with Crippen molar-refractivity contribution in [1.82, 2.24) is 9.99 Å². The van der Waals surface area contributed by atoms with E-state index >= 15 is 0 Å². The smallest absolute Gasteiger partial charge is 0.267 e. The van der Waals surface area contributed by atoms with Crippen LogP contribution in [0.2, 0.25) is 5.15 Å². The summed E-state index contributed by atoms with van der Waals surface area (Å²) < 4.78 is 0. The number of halogens is 1. The molecule has 0 aliphatic carbocycles.